The van der Waals surface area contributed by atoms with Crippen molar-refractivity contribution < 1.29 is 4.79 Å². The predicted molar refractivity (Wildman–Crippen MR) is 75.2 cm³/mol. The van der Waals surface area contributed by atoms with Crippen LogP contribution in [0.25, 0.3) is 0 Å². The van der Waals surface area contributed by atoms with E-state index in [4.69, 9.17) is 5.73 Å². The Morgan fingerprint density at radius 1 is 1.16 bits per heavy atom. The van der Waals surface area contributed by atoms with Crippen molar-refractivity contribution in [3.8, 4) is 0 Å². The number of hydrogen-bond acceptors (Lipinski definition) is 3. The molecule has 5 heteroatoms. The molecule has 102 valence electrons. The van der Waals surface area contributed by atoms with E-state index in [2.05, 4.69) is 28.4 Å². The number of hydrogen-bond donors (Lipinski definition) is 2. The summed E-state index contributed by atoms with van der Waals surface area (Å²) < 4.78 is 0. The van der Waals surface area contributed by atoms with Gasteiger partial charge < -0.3 is 20.9 Å². The van der Waals surface area contributed by atoms with E-state index in [1.165, 1.54) is 16.8 Å². The van der Waals surface area contributed by atoms with Crippen LogP contribution in [0, 0.1) is 0 Å². The van der Waals surface area contributed by atoms with Crippen LogP contribution < -0.4 is 16.0 Å². The summed E-state index contributed by atoms with van der Waals surface area (Å²) in [7, 11) is 0. The lowest BCUT2D eigenvalue weighted by Gasteiger charge is -2.32. The molecule has 3 rings (SSSR count). The Morgan fingerprint density at radius 3 is 2.68 bits per heavy atom. The maximum Gasteiger partial charge on any atom is 0.315 e. The molecule has 0 aliphatic carbocycles. The normalized spacial score (nSPS) is 19.2. The monoisotopic (exact) mass is 260 g/mol. The van der Waals surface area contributed by atoms with Gasteiger partial charge in [-0.3, -0.25) is 0 Å². The molecular weight excluding hydrogens is 240 g/mol. The van der Waals surface area contributed by atoms with Gasteiger partial charge in [-0.05, 0) is 29.7 Å². The van der Waals surface area contributed by atoms with Gasteiger partial charge in [0.2, 0.25) is 0 Å². The Balaban J connectivity index is 1.79. The van der Waals surface area contributed by atoms with Crippen LogP contribution in [-0.2, 0) is 13.0 Å². The number of anilines is 1. The number of piperazine rings is 1. The molecule has 0 aromatic heterocycles. The fourth-order valence-corrected chi connectivity index (χ4v) is 2.85. The van der Waals surface area contributed by atoms with Crippen molar-refractivity contribution in [3.63, 3.8) is 0 Å². The van der Waals surface area contributed by atoms with Crippen LogP contribution in [0.15, 0.2) is 18.2 Å². The van der Waals surface area contributed by atoms with E-state index in [9.17, 15) is 4.79 Å². The highest BCUT2D eigenvalue weighted by molar-refractivity contribution is 5.72. The van der Waals surface area contributed by atoms with E-state index < -0.39 is 0 Å². The molecule has 0 atom stereocenters. The lowest BCUT2D eigenvalue weighted by atomic mass is 9.99. The van der Waals surface area contributed by atoms with Crippen molar-refractivity contribution >= 4 is 11.7 Å². The summed E-state index contributed by atoms with van der Waals surface area (Å²) >= 11 is 0. The quantitative estimate of drug-likeness (QED) is 0.774. The van der Waals surface area contributed by atoms with Gasteiger partial charge in [0.1, 0.15) is 0 Å². The molecule has 19 heavy (non-hydrogen) atoms. The summed E-state index contributed by atoms with van der Waals surface area (Å²) in [4.78, 5) is 15.3. The van der Waals surface area contributed by atoms with E-state index in [1.54, 1.807) is 4.90 Å². The maximum atomic E-state index is 11.2. The topological polar surface area (TPSA) is 61.6 Å². The fourth-order valence-electron chi connectivity index (χ4n) is 2.85. The van der Waals surface area contributed by atoms with E-state index in [0.717, 1.165) is 39.1 Å². The number of fused-ring (bicyclic) bond motifs is 1. The third-order valence-corrected chi connectivity index (χ3v) is 4.00. The molecule has 1 saturated heterocycles. The number of nitrogens with two attached hydrogens (primary N) is 1. The molecule has 2 amide bonds. The van der Waals surface area contributed by atoms with Crippen molar-refractivity contribution in [2.45, 2.75) is 13.0 Å². The first-order valence-electron chi connectivity index (χ1n) is 6.86. The number of amides is 2. The Labute approximate surface area is 113 Å². The number of rotatable bonds is 1. The number of nitrogens with zero attached hydrogens (tertiary/aromatic N) is 2. The molecule has 2 heterocycles. The standard InChI is InChI=1S/C14H20N4O/c15-14(19)18-6-3-11-9-13(2-1-12(11)10-18)17-7-4-16-5-8-17/h1-2,9,16H,3-8,10H2,(H2,15,19). The highest BCUT2D eigenvalue weighted by Crippen LogP contribution is 2.24. The minimum absolute atomic E-state index is 0.322. The maximum absolute atomic E-state index is 11.2. The van der Waals surface area contributed by atoms with Gasteiger partial charge in [-0.1, -0.05) is 6.07 Å². The molecule has 3 N–H and O–H groups in total. The first-order valence-corrected chi connectivity index (χ1v) is 6.86. The summed E-state index contributed by atoms with van der Waals surface area (Å²) in [5, 5.41) is 3.37. The first-order chi connectivity index (χ1) is 9.24. The van der Waals surface area contributed by atoms with Crippen molar-refractivity contribution in [1.82, 2.24) is 10.2 Å². The molecule has 0 spiro atoms. The van der Waals surface area contributed by atoms with Crippen LogP contribution in [0.4, 0.5) is 10.5 Å². The van der Waals surface area contributed by atoms with Crippen LogP contribution in [-0.4, -0.2) is 43.7 Å². The molecule has 0 unspecified atom stereocenters. The Morgan fingerprint density at radius 2 is 1.95 bits per heavy atom. The van der Waals surface area contributed by atoms with Gasteiger partial charge in [0.05, 0.1) is 0 Å². The molecule has 0 bridgehead atoms. The summed E-state index contributed by atoms with van der Waals surface area (Å²) in [6.45, 7) is 5.59. The van der Waals surface area contributed by atoms with Gasteiger partial charge >= 0.3 is 6.03 Å². The summed E-state index contributed by atoms with van der Waals surface area (Å²) in [5.74, 6) is 0. The Kier molecular flexibility index (Phi) is 3.29. The van der Waals surface area contributed by atoms with Crippen molar-refractivity contribution in [2.24, 2.45) is 5.73 Å². The fraction of sp³-hybridized carbons (Fsp3) is 0.500. The van der Waals surface area contributed by atoms with Crippen molar-refractivity contribution in [1.29, 1.82) is 0 Å². The molecule has 2 aliphatic rings. The summed E-state index contributed by atoms with van der Waals surface area (Å²) in [5.41, 5.74) is 9.22. The first kappa shape index (κ1) is 12.3. The smallest absolute Gasteiger partial charge is 0.315 e. The largest absolute Gasteiger partial charge is 0.369 e. The van der Waals surface area contributed by atoms with Crippen LogP contribution in [0.1, 0.15) is 11.1 Å². The zero-order chi connectivity index (χ0) is 13.2. The molecule has 0 saturated carbocycles. The summed E-state index contributed by atoms with van der Waals surface area (Å²) in [6.07, 6.45) is 0.901. The minimum atomic E-state index is -0.322. The molecule has 1 aromatic rings. The molecule has 1 fully saturated rings. The Hall–Kier alpha value is -1.75. The molecule has 0 radical (unpaired) electrons. The number of primary amides is 1. The van der Waals surface area contributed by atoms with Gasteiger partial charge in [0.15, 0.2) is 0 Å². The average Bonchev–Trinajstić information content (AvgIpc) is 2.47. The third-order valence-electron chi connectivity index (χ3n) is 4.00. The van der Waals surface area contributed by atoms with Gasteiger partial charge in [0, 0.05) is 45.0 Å². The SMILES string of the molecule is NC(=O)N1CCc2cc(N3CCNCC3)ccc2C1. The second kappa shape index (κ2) is 5.09. The van der Waals surface area contributed by atoms with Crippen molar-refractivity contribution in [3.05, 3.63) is 29.3 Å². The second-order valence-corrected chi connectivity index (χ2v) is 5.20. The van der Waals surface area contributed by atoms with Gasteiger partial charge in [0.25, 0.3) is 0 Å². The van der Waals surface area contributed by atoms with E-state index in [0.29, 0.717) is 6.54 Å². The van der Waals surface area contributed by atoms with Gasteiger partial charge in [-0.15, -0.1) is 0 Å². The second-order valence-electron chi connectivity index (χ2n) is 5.20. The van der Waals surface area contributed by atoms with Crippen LogP contribution in [0.3, 0.4) is 0 Å². The van der Waals surface area contributed by atoms with Gasteiger partial charge in [-0.25, -0.2) is 4.79 Å². The van der Waals surface area contributed by atoms with Crippen LogP contribution >= 0.6 is 0 Å². The van der Waals surface area contributed by atoms with Crippen LogP contribution in [0.5, 0.6) is 0 Å². The average molecular weight is 260 g/mol. The number of carbonyl (C=O) groups excluding carboxylic acids is 1. The lowest BCUT2D eigenvalue weighted by Crippen LogP contribution is -2.43. The number of benzene rings is 1. The number of nitrogens with one attached hydrogen (secondary N) is 1. The third kappa shape index (κ3) is 2.51. The molecule has 5 nitrogen and oxygen atoms in total. The van der Waals surface area contributed by atoms with E-state index in [1.807, 2.05) is 0 Å². The van der Waals surface area contributed by atoms with Gasteiger partial charge in [-0.2, -0.15) is 0 Å². The molecular formula is C14H20N4O. The zero-order valence-corrected chi connectivity index (χ0v) is 11.1. The highest BCUT2D eigenvalue weighted by Gasteiger charge is 2.20. The molecule has 1 aromatic carbocycles. The highest BCUT2D eigenvalue weighted by atomic mass is 16.2. The van der Waals surface area contributed by atoms with Crippen molar-refractivity contribution in [2.75, 3.05) is 37.6 Å². The number of urea groups is 1. The van der Waals surface area contributed by atoms with E-state index >= 15 is 0 Å². The van der Waals surface area contributed by atoms with Crippen LogP contribution in [0.2, 0.25) is 0 Å². The zero-order valence-electron chi connectivity index (χ0n) is 11.1. The lowest BCUT2D eigenvalue weighted by molar-refractivity contribution is 0.202. The molecule has 2 aliphatic heterocycles. The van der Waals surface area contributed by atoms with E-state index in [-0.39, 0.29) is 6.03 Å². The summed E-state index contributed by atoms with van der Waals surface area (Å²) in [6, 6.07) is 6.26. The Bertz CT molecular complexity index is 482. The minimum Gasteiger partial charge on any atom is -0.369 e. The number of carbonyl (C=O) groups is 1. The predicted octanol–water partition coefficient (Wildman–Crippen LogP) is 0.533.